The van der Waals surface area contributed by atoms with E-state index in [4.69, 9.17) is 14.2 Å². The zero-order chi connectivity index (χ0) is 20.1. The second-order valence-electron chi connectivity index (χ2n) is 6.64. The van der Waals surface area contributed by atoms with Gasteiger partial charge in [-0.2, -0.15) is 0 Å². The van der Waals surface area contributed by atoms with Gasteiger partial charge < -0.3 is 14.2 Å². The van der Waals surface area contributed by atoms with Crippen molar-refractivity contribution in [2.75, 3.05) is 51.9 Å². The van der Waals surface area contributed by atoms with Crippen LogP contribution in [0, 0.1) is 0 Å². The van der Waals surface area contributed by atoms with Crippen molar-refractivity contribution in [3.05, 3.63) is 48.0 Å². The number of carbonyl (C=O) groups excluding carboxylic acids is 1. The van der Waals surface area contributed by atoms with Crippen LogP contribution in [0.1, 0.15) is 10.4 Å². The lowest BCUT2D eigenvalue weighted by atomic mass is 10.2. The third-order valence-electron chi connectivity index (χ3n) is 4.69. The highest BCUT2D eigenvalue weighted by atomic mass is 32.1. The number of thiazole rings is 1. The maximum absolute atomic E-state index is 12.6. The molecule has 0 bridgehead atoms. The summed E-state index contributed by atoms with van der Waals surface area (Å²) in [6, 6.07) is 12.9. The molecule has 0 saturated carbocycles. The topological polar surface area (TPSA) is 72.9 Å². The Hall–Kier alpha value is -2.68. The first-order chi connectivity index (χ1) is 14.2. The maximum Gasteiger partial charge on any atom is 0.257 e. The molecule has 0 unspecified atom stereocenters. The molecule has 0 radical (unpaired) electrons. The molecule has 7 nitrogen and oxygen atoms in total. The van der Waals surface area contributed by atoms with Crippen LogP contribution in [0.4, 0.5) is 5.13 Å². The molecule has 2 aromatic carbocycles. The molecule has 2 heterocycles. The number of anilines is 1. The molecule has 1 amide bonds. The fourth-order valence-electron chi connectivity index (χ4n) is 3.10. The van der Waals surface area contributed by atoms with Crippen LogP contribution in [-0.4, -0.2) is 62.4 Å². The Bertz CT molecular complexity index is 985. The van der Waals surface area contributed by atoms with E-state index < -0.39 is 0 Å². The molecule has 0 spiro atoms. The average Bonchev–Trinajstić information content (AvgIpc) is 3.16. The third kappa shape index (κ3) is 5.03. The first kappa shape index (κ1) is 19.6. The molecule has 1 aliphatic rings. The quantitative estimate of drug-likeness (QED) is 0.641. The molecular weight excluding hydrogens is 390 g/mol. The Kier molecular flexibility index (Phi) is 6.24. The van der Waals surface area contributed by atoms with Gasteiger partial charge in [0, 0.05) is 31.3 Å². The molecule has 29 heavy (non-hydrogen) atoms. The van der Waals surface area contributed by atoms with Gasteiger partial charge in [-0.1, -0.05) is 17.4 Å². The van der Waals surface area contributed by atoms with Crippen molar-refractivity contribution in [1.29, 1.82) is 0 Å². The monoisotopic (exact) mass is 413 g/mol. The highest BCUT2D eigenvalue weighted by Crippen LogP contribution is 2.29. The summed E-state index contributed by atoms with van der Waals surface area (Å²) in [6.45, 7) is 4.82. The van der Waals surface area contributed by atoms with Gasteiger partial charge in [0.2, 0.25) is 0 Å². The van der Waals surface area contributed by atoms with Gasteiger partial charge in [0.05, 0.1) is 30.5 Å². The number of carbonyl (C=O) groups is 1. The average molecular weight is 413 g/mol. The second kappa shape index (κ2) is 9.21. The molecule has 1 saturated heterocycles. The summed E-state index contributed by atoms with van der Waals surface area (Å²) >= 11 is 1.43. The van der Waals surface area contributed by atoms with E-state index in [1.807, 2.05) is 30.3 Å². The van der Waals surface area contributed by atoms with Crippen LogP contribution in [-0.2, 0) is 4.74 Å². The summed E-state index contributed by atoms with van der Waals surface area (Å²) in [5.74, 6) is 1.21. The first-order valence-electron chi connectivity index (χ1n) is 9.50. The van der Waals surface area contributed by atoms with Gasteiger partial charge in [-0.05, 0) is 30.3 Å². The lowest BCUT2D eigenvalue weighted by Gasteiger charge is -2.26. The number of benzene rings is 2. The molecule has 8 heteroatoms. The number of nitrogens with zero attached hydrogens (tertiary/aromatic N) is 2. The van der Waals surface area contributed by atoms with Crippen molar-refractivity contribution < 1.29 is 19.0 Å². The molecule has 152 valence electrons. The maximum atomic E-state index is 12.6. The Balaban J connectivity index is 1.36. The van der Waals surface area contributed by atoms with Gasteiger partial charge in [0.1, 0.15) is 18.1 Å². The van der Waals surface area contributed by atoms with Gasteiger partial charge in [0.25, 0.3) is 5.91 Å². The number of methoxy groups -OCH3 is 1. The second-order valence-corrected chi connectivity index (χ2v) is 7.67. The number of rotatable bonds is 7. The van der Waals surface area contributed by atoms with Crippen LogP contribution in [0.2, 0.25) is 0 Å². The molecular formula is C21H23N3O4S. The van der Waals surface area contributed by atoms with Gasteiger partial charge >= 0.3 is 0 Å². The minimum Gasteiger partial charge on any atom is -0.497 e. The van der Waals surface area contributed by atoms with Gasteiger partial charge in [-0.15, -0.1) is 0 Å². The number of fused-ring (bicyclic) bond motifs is 1. The largest absolute Gasteiger partial charge is 0.497 e. The Morgan fingerprint density at radius 1 is 1.21 bits per heavy atom. The van der Waals surface area contributed by atoms with Crippen LogP contribution in [0.3, 0.4) is 0 Å². The number of aromatic nitrogens is 1. The number of hydrogen-bond acceptors (Lipinski definition) is 7. The van der Waals surface area contributed by atoms with Crippen molar-refractivity contribution in [3.8, 4) is 11.5 Å². The normalized spacial score (nSPS) is 14.7. The molecule has 1 aliphatic heterocycles. The Morgan fingerprint density at radius 3 is 2.90 bits per heavy atom. The molecule has 1 fully saturated rings. The van der Waals surface area contributed by atoms with Crippen molar-refractivity contribution >= 4 is 32.6 Å². The minimum absolute atomic E-state index is 0.213. The SMILES string of the molecule is COc1ccc2sc(NC(=O)c3cccc(OCCN4CCOCC4)c3)nc2c1. The summed E-state index contributed by atoms with van der Waals surface area (Å²) in [5, 5.41) is 3.42. The van der Waals surface area contributed by atoms with E-state index in [-0.39, 0.29) is 5.91 Å². The van der Waals surface area contributed by atoms with Crippen molar-refractivity contribution in [2.24, 2.45) is 0 Å². The molecule has 1 aromatic heterocycles. The standard InChI is InChI=1S/C21H23N3O4S/c1-26-16-5-6-19-18(14-16)22-21(29-19)23-20(25)15-3-2-4-17(13-15)28-12-9-24-7-10-27-11-8-24/h2-6,13-14H,7-12H2,1H3,(H,22,23,25). The van der Waals surface area contributed by atoms with Crippen molar-refractivity contribution in [1.82, 2.24) is 9.88 Å². The number of hydrogen-bond donors (Lipinski definition) is 1. The molecule has 0 aliphatic carbocycles. The summed E-state index contributed by atoms with van der Waals surface area (Å²) in [4.78, 5) is 19.4. The van der Waals surface area contributed by atoms with Gasteiger partial charge in [0.15, 0.2) is 5.13 Å². The van der Waals surface area contributed by atoms with Crippen LogP contribution in [0.15, 0.2) is 42.5 Å². The summed E-state index contributed by atoms with van der Waals surface area (Å²) in [5.41, 5.74) is 1.33. The minimum atomic E-state index is -0.213. The van der Waals surface area contributed by atoms with Gasteiger partial charge in [-0.25, -0.2) is 4.98 Å². The lowest BCUT2D eigenvalue weighted by molar-refractivity contribution is 0.0322. The Labute approximate surface area is 173 Å². The van der Waals surface area contributed by atoms with Crippen molar-refractivity contribution in [2.45, 2.75) is 0 Å². The Morgan fingerprint density at radius 2 is 2.07 bits per heavy atom. The van der Waals surface area contributed by atoms with Crippen LogP contribution in [0.25, 0.3) is 10.2 Å². The number of morpholine rings is 1. The van der Waals surface area contributed by atoms with Gasteiger partial charge in [-0.3, -0.25) is 15.0 Å². The van der Waals surface area contributed by atoms with Crippen LogP contribution in [0.5, 0.6) is 11.5 Å². The highest BCUT2D eigenvalue weighted by molar-refractivity contribution is 7.22. The summed E-state index contributed by atoms with van der Waals surface area (Å²) < 4.78 is 17.4. The number of amides is 1. The highest BCUT2D eigenvalue weighted by Gasteiger charge is 2.13. The summed E-state index contributed by atoms with van der Waals surface area (Å²) in [7, 11) is 1.62. The third-order valence-corrected chi connectivity index (χ3v) is 5.64. The van der Waals surface area contributed by atoms with Crippen LogP contribution < -0.4 is 14.8 Å². The molecule has 1 N–H and O–H groups in total. The summed E-state index contributed by atoms with van der Waals surface area (Å²) in [6.07, 6.45) is 0. The zero-order valence-corrected chi connectivity index (χ0v) is 17.0. The van der Waals surface area contributed by atoms with E-state index >= 15 is 0 Å². The first-order valence-corrected chi connectivity index (χ1v) is 10.3. The van der Waals surface area contributed by atoms with E-state index in [0.717, 1.165) is 48.8 Å². The smallest absolute Gasteiger partial charge is 0.257 e. The number of ether oxygens (including phenoxy) is 3. The fourth-order valence-corrected chi connectivity index (χ4v) is 3.94. The lowest BCUT2D eigenvalue weighted by Crippen LogP contribution is -2.38. The molecule has 3 aromatic rings. The van der Waals surface area contributed by atoms with E-state index in [1.165, 1.54) is 11.3 Å². The zero-order valence-electron chi connectivity index (χ0n) is 16.2. The van der Waals surface area contributed by atoms with E-state index in [2.05, 4.69) is 15.2 Å². The van der Waals surface area contributed by atoms with E-state index in [0.29, 0.717) is 23.1 Å². The van der Waals surface area contributed by atoms with E-state index in [1.54, 1.807) is 19.2 Å². The molecule has 0 atom stereocenters. The van der Waals surface area contributed by atoms with Crippen molar-refractivity contribution in [3.63, 3.8) is 0 Å². The molecule has 4 rings (SSSR count). The van der Waals surface area contributed by atoms with E-state index in [9.17, 15) is 4.79 Å². The fraction of sp³-hybridized carbons (Fsp3) is 0.333. The predicted octanol–water partition coefficient (Wildman–Crippen LogP) is 3.27. The van der Waals surface area contributed by atoms with Crippen LogP contribution >= 0.6 is 11.3 Å². The predicted molar refractivity (Wildman–Crippen MR) is 113 cm³/mol. The number of nitrogens with one attached hydrogen (secondary N) is 1.